The van der Waals surface area contributed by atoms with Crippen LogP contribution in [0.15, 0.2) is 12.2 Å². The number of carbonyl (C=O) groups is 2. The number of carbonyl (C=O) groups excluding carboxylic acids is 2. The molecule has 0 saturated heterocycles. The first kappa shape index (κ1) is 6.18. The quantitative estimate of drug-likeness (QED) is 0.474. The Bertz CT molecular complexity index is 321. The molecule has 0 heterocycles. The largest absolute Gasteiger partial charge is 0.458 e. The van der Waals surface area contributed by atoms with Gasteiger partial charge in [-0.25, -0.2) is 0 Å². The Labute approximate surface area is 80.7 Å². The SMILES string of the molecule is [2H]C([2H])([2H])C(=O)O[C@H]1C=C[C@@H](OC(C)=O)C1. The van der Waals surface area contributed by atoms with Crippen molar-refractivity contribution in [2.45, 2.75) is 32.4 Å². The molecule has 1 aliphatic rings. The third kappa shape index (κ3) is 3.27. The van der Waals surface area contributed by atoms with Crippen molar-refractivity contribution < 1.29 is 23.2 Å². The predicted molar refractivity (Wildman–Crippen MR) is 44.9 cm³/mol. The Morgan fingerprint density at radius 1 is 1.31 bits per heavy atom. The first-order valence-corrected chi connectivity index (χ1v) is 3.85. The van der Waals surface area contributed by atoms with Gasteiger partial charge in [0, 0.05) is 24.3 Å². The minimum Gasteiger partial charge on any atom is -0.458 e. The third-order valence-electron chi connectivity index (χ3n) is 1.58. The van der Waals surface area contributed by atoms with Crippen molar-refractivity contribution >= 4 is 11.9 Å². The van der Waals surface area contributed by atoms with Crippen LogP contribution in [0.1, 0.15) is 24.3 Å². The van der Waals surface area contributed by atoms with Crippen LogP contribution in [-0.2, 0) is 19.1 Å². The molecule has 0 radical (unpaired) electrons. The lowest BCUT2D eigenvalue weighted by Crippen LogP contribution is -2.17. The summed E-state index contributed by atoms with van der Waals surface area (Å²) in [7, 11) is 0. The molecule has 2 atom stereocenters. The molecule has 4 nitrogen and oxygen atoms in total. The van der Waals surface area contributed by atoms with E-state index in [9.17, 15) is 9.59 Å². The van der Waals surface area contributed by atoms with Crippen molar-refractivity contribution in [2.24, 2.45) is 0 Å². The lowest BCUT2D eigenvalue weighted by atomic mass is 10.3. The van der Waals surface area contributed by atoms with E-state index in [4.69, 9.17) is 13.6 Å². The zero-order valence-corrected chi connectivity index (χ0v) is 7.15. The molecular weight excluding hydrogens is 172 g/mol. The van der Waals surface area contributed by atoms with Crippen LogP contribution >= 0.6 is 0 Å². The first-order valence-electron chi connectivity index (χ1n) is 5.35. The summed E-state index contributed by atoms with van der Waals surface area (Å²) >= 11 is 0. The molecule has 0 fully saturated rings. The molecule has 1 rings (SSSR count). The Balaban J connectivity index is 2.41. The topological polar surface area (TPSA) is 52.6 Å². The van der Waals surface area contributed by atoms with Gasteiger partial charge in [0.1, 0.15) is 12.2 Å². The van der Waals surface area contributed by atoms with Crippen molar-refractivity contribution in [1.29, 1.82) is 0 Å². The minimum atomic E-state index is -2.76. The number of esters is 2. The maximum Gasteiger partial charge on any atom is 0.303 e. The molecule has 0 spiro atoms. The van der Waals surface area contributed by atoms with Gasteiger partial charge in [-0.1, -0.05) is 0 Å². The second-order valence-corrected chi connectivity index (χ2v) is 2.71. The molecule has 13 heavy (non-hydrogen) atoms. The maximum atomic E-state index is 11.0. The van der Waals surface area contributed by atoms with Gasteiger partial charge in [-0.05, 0) is 12.2 Å². The fourth-order valence-electron chi connectivity index (χ4n) is 1.16. The number of rotatable bonds is 2. The molecule has 4 heteroatoms. The Morgan fingerprint density at radius 2 is 1.85 bits per heavy atom. The van der Waals surface area contributed by atoms with Crippen LogP contribution in [0.3, 0.4) is 0 Å². The Morgan fingerprint density at radius 3 is 2.31 bits per heavy atom. The molecule has 72 valence electrons. The van der Waals surface area contributed by atoms with Crippen LogP contribution in [0.4, 0.5) is 0 Å². The summed E-state index contributed by atoms with van der Waals surface area (Å²) in [4.78, 5) is 21.7. The lowest BCUT2D eigenvalue weighted by molar-refractivity contribution is -0.147. The van der Waals surface area contributed by atoms with Crippen LogP contribution in [0.5, 0.6) is 0 Å². The maximum absolute atomic E-state index is 11.0. The van der Waals surface area contributed by atoms with E-state index in [-0.39, 0.29) is 6.42 Å². The summed E-state index contributed by atoms with van der Waals surface area (Å²) in [6.45, 7) is -1.48. The Hall–Kier alpha value is -1.32. The van der Waals surface area contributed by atoms with Gasteiger partial charge >= 0.3 is 11.9 Å². The van der Waals surface area contributed by atoms with E-state index in [1.54, 1.807) is 6.08 Å². The molecule has 0 aromatic carbocycles. The molecule has 0 N–H and O–H groups in total. The van der Waals surface area contributed by atoms with E-state index in [0.717, 1.165) is 0 Å². The smallest absolute Gasteiger partial charge is 0.303 e. The highest BCUT2D eigenvalue weighted by atomic mass is 16.6. The van der Waals surface area contributed by atoms with E-state index in [1.165, 1.54) is 13.0 Å². The predicted octanol–water partition coefficient (Wildman–Crippen LogP) is 0.810. The van der Waals surface area contributed by atoms with Crippen LogP contribution in [0.25, 0.3) is 0 Å². The molecule has 0 aromatic heterocycles. The molecule has 0 saturated carbocycles. The average Bonchev–Trinajstić information content (AvgIpc) is 2.49. The molecular formula is C9H12O4. The monoisotopic (exact) mass is 187 g/mol. The van der Waals surface area contributed by atoms with E-state index < -0.39 is 31.0 Å². The van der Waals surface area contributed by atoms with Crippen molar-refractivity contribution in [1.82, 2.24) is 0 Å². The number of ether oxygens (including phenoxy) is 2. The summed E-state index contributed by atoms with van der Waals surface area (Å²) < 4.78 is 30.0. The van der Waals surface area contributed by atoms with Crippen molar-refractivity contribution in [3.8, 4) is 0 Å². The minimum absolute atomic E-state index is 0.265. The van der Waals surface area contributed by atoms with Gasteiger partial charge in [0.2, 0.25) is 0 Å². The molecule has 1 aliphatic carbocycles. The fourth-order valence-corrected chi connectivity index (χ4v) is 1.16. The van der Waals surface area contributed by atoms with E-state index >= 15 is 0 Å². The lowest BCUT2D eigenvalue weighted by Gasteiger charge is -2.11. The van der Waals surface area contributed by atoms with Crippen LogP contribution in [0.2, 0.25) is 0 Å². The summed E-state index contributed by atoms with van der Waals surface area (Å²) in [5.74, 6) is -1.68. The zero-order chi connectivity index (χ0) is 12.3. The first-order chi connectivity index (χ1) is 7.29. The van der Waals surface area contributed by atoms with E-state index in [0.29, 0.717) is 0 Å². The van der Waals surface area contributed by atoms with Gasteiger partial charge in [-0.3, -0.25) is 9.59 Å². The normalized spacial score (nSPS) is 30.1. The van der Waals surface area contributed by atoms with Gasteiger partial charge in [-0.15, -0.1) is 0 Å². The molecule has 0 bridgehead atoms. The molecule has 0 aromatic rings. The van der Waals surface area contributed by atoms with Gasteiger partial charge in [0.25, 0.3) is 0 Å². The van der Waals surface area contributed by atoms with Crippen LogP contribution in [0, 0.1) is 0 Å². The van der Waals surface area contributed by atoms with Gasteiger partial charge in [0.15, 0.2) is 0 Å². The highest BCUT2D eigenvalue weighted by Crippen LogP contribution is 2.17. The van der Waals surface area contributed by atoms with Crippen LogP contribution in [-0.4, -0.2) is 24.1 Å². The summed E-state index contributed by atoms with van der Waals surface area (Å²) in [5.41, 5.74) is 0. The third-order valence-corrected chi connectivity index (χ3v) is 1.58. The summed E-state index contributed by atoms with van der Waals surface area (Å²) in [5, 5.41) is 0. The summed E-state index contributed by atoms with van der Waals surface area (Å²) in [6.07, 6.45) is 2.25. The van der Waals surface area contributed by atoms with Crippen LogP contribution < -0.4 is 0 Å². The molecule has 0 unspecified atom stereocenters. The van der Waals surface area contributed by atoms with E-state index in [2.05, 4.69) is 0 Å². The van der Waals surface area contributed by atoms with Crippen molar-refractivity contribution in [3.05, 3.63) is 12.2 Å². The number of hydrogen-bond acceptors (Lipinski definition) is 4. The van der Waals surface area contributed by atoms with Gasteiger partial charge in [-0.2, -0.15) is 0 Å². The van der Waals surface area contributed by atoms with Gasteiger partial charge in [0.05, 0.1) is 0 Å². The second-order valence-electron chi connectivity index (χ2n) is 2.71. The number of hydrogen-bond donors (Lipinski definition) is 0. The van der Waals surface area contributed by atoms with E-state index in [1.807, 2.05) is 0 Å². The average molecular weight is 187 g/mol. The molecule has 0 amide bonds. The van der Waals surface area contributed by atoms with Gasteiger partial charge < -0.3 is 9.47 Å². The molecule has 0 aliphatic heterocycles. The second kappa shape index (κ2) is 4.07. The summed E-state index contributed by atoms with van der Waals surface area (Å²) in [6, 6.07) is 0. The standard InChI is InChI=1S/C9H12O4/c1-6(10)12-8-3-4-9(5-8)13-7(2)11/h3-4,8-9H,5H2,1-2H3/t8-,9+/i1D3/m0/s1. The Kier molecular flexibility index (Phi) is 1.94. The highest BCUT2D eigenvalue weighted by Gasteiger charge is 2.22. The fraction of sp³-hybridized carbons (Fsp3) is 0.556. The van der Waals surface area contributed by atoms with Crippen molar-refractivity contribution in [2.75, 3.05) is 0 Å². The highest BCUT2D eigenvalue weighted by molar-refractivity contribution is 5.67. The zero-order valence-electron chi connectivity index (χ0n) is 10.1. The van der Waals surface area contributed by atoms with Crippen molar-refractivity contribution in [3.63, 3.8) is 0 Å².